The molecule has 0 saturated carbocycles. The number of hydrazine groups is 1. The molecule has 2 saturated heterocycles. The molecule has 0 aliphatic carbocycles. The third kappa shape index (κ3) is 4.04. The zero-order chi connectivity index (χ0) is 17.1. The van der Waals surface area contributed by atoms with E-state index in [1.165, 1.54) is 4.90 Å². The second kappa shape index (κ2) is 7.19. The zero-order valence-corrected chi connectivity index (χ0v) is 14.3. The fraction of sp³-hybridized carbons (Fsp3) is 0.529. The van der Waals surface area contributed by atoms with Crippen LogP contribution in [0.5, 0.6) is 0 Å². The molecule has 0 spiro atoms. The van der Waals surface area contributed by atoms with Crippen LogP contribution in [0, 0.1) is 6.92 Å². The highest BCUT2D eigenvalue weighted by Crippen LogP contribution is 2.21. The number of benzene rings is 1. The summed E-state index contributed by atoms with van der Waals surface area (Å²) in [5.74, 6) is 0.0485. The number of nitrogens with zero attached hydrogens (tertiary/aromatic N) is 2. The van der Waals surface area contributed by atoms with Gasteiger partial charge in [-0.2, -0.15) is 0 Å². The highest BCUT2D eigenvalue weighted by Gasteiger charge is 2.32. The summed E-state index contributed by atoms with van der Waals surface area (Å²) in [6.45, 7) is 6.26. The number of anilines is 1. The Labute approximate surface area is 142 Å². The molecule has 0 aromatic heterocycles. The average Bonchev–Trinajstić information content (AvgIpc) is 2.90. The van der Waals surface area contributed by atoms with E-state index >= 15 is 0 Å². The number of rotatable bonds is 3. The Morgan fingerprint density at radius 2 is 1.88 bits per heavy atom. The van der Waals surface area contributed by atoms with E-state index in [0.717, 1.165) is 37.4 Å². The van der Waals surface area contributed by atoms with Gasteiger partial charge in [-0.1, -0.05) is 17.7 Å². The van der Waals surface area contributed by atoms with Crippen molar-refractivity contribution in [2.75, 3.05) is 44.7 Å². The third-order valence-corrected chi connectivity index (χ3v) is 4.68. The maximum absolute atomic E-state index is 12.2. The number of carbonyl (C=O) groups is 2. The van der Waals surface area contributed by atoms with Crippen LogP contribution >= 0.6 is 0 Å². The Morgan fingerprint density at radius 3 is 2.54 bits per heavy atom. The van der Waals surface area contributed by atoms with Crippen molar-refractivity contribution in [1.29, 1.82) is 0 Å². The zero-order valence-electron chi connectivity index (χ0n) is 14.3. The van der Waals surface area contributed by atoms with Crippen LogP contribution in [0.25, 0.3) is 0 Å². The van der Waals surface area contributed by atoms with Crippen molar-refractivity contribution in [3.8, 4) is 0 Å². The van der Waals surface area contributed by atoms with Crippen LogP contribution in [0.15, 0.2) is 24.3 Å². The lowest BCUT2D eigenvalue weighted by molar-refractivity contribution is -0.884. The summed E-state index contributed by atoms with van der Waals surface area (Å²) in [4.78, 5) is 27.6. The van der Waals surface area contributed by atoms with E-state index in [1.807, 2.05) is 36.2 Å². The number of amides is 3. The van der Waals surface area contributed by atoms with Gasteiger partial charge in [-0.25, -0.2) is 9.80 Å². The van der Waals surface area contributed by atoms with Gasteiger partial charge in [0.15, 0.2) is 0 Å². The lowest BCUT2D eigenvalue weighted by atomic mass is 10.2. The first-order valence-corrected chi connectivity index (χ1v) is 8.51. The van der Waals surface area contributed by atoms with Crippen LogP contribution in [0.3, 0.4) is 0 Å². The van der Waals surface area contributed by atoms with Crippen molar-refractivity contribution in [2.45, 2.75) is 19.4 Å². The molecule has 0 bridgehead atoms. The number of aryl methyl sites for hydroxylation is 1. The minimum absolute atomic E-state index is 0.0485. The topological polar surface area (TPSA) is 69.1 Å². The van der Waals surface area contributed by atoms with Crippen LogP contribution in [-0.4, -0.2) is 62.8 Å². The van der Waals surface area contributed by atoms with Crippen molar-refractivity contribution in [1.82, 2.24) is 15.8 Å². The lowest BCUT2D eigenvalue weighted by Gasteiger charge is -2.30. The van der Waals surface area contributed by atoms with Crippen LogP contribution in [0.1, 0.15) is 12.0 Å². The molecular weight excluding hydrogens is 306 g/mol. The van der Waals surface area contributed by atoms with E-state index in [9.17, 15) is 9.59 Å². The predicted octanol–water partition coefficient (Wildman–Crippen LogP) is -0.855. The minimum Gasteiger partial charge on any atom is -0.335 e. The molecule has 3 rings (SSSR count). The minimum atomic E-state index is -0.224. The maximum atomic E-state index is 12.2. The molecule has 0 radical (unpaired) electrons. The smallest absolute Gasteiger partial charge is 0.329 e. The summed E-state index contributed by atoms with van der Waals surface area (Å²) >= 11 is 0. The molecule has 1 atom stereocenters. The molecule has 1 aromatic rings. The van der Waals surface area contributed by atoms with Gasteiger partial charge in [0.2, 0.25) is 5.91 Å². The molecule has 130 valence electrons. The van der Waals surface area contributed by atoms with Crippen LogP contribution in [0.4, 0.5) is 10.5 Å². The van der Waals surface area contributed by atoms with Gasteiger partial charge < -0.3 is 15.1 Å². The van der Waals surface area contributed by atoms with Crippen molar-refractivity contribution in [2.24, 2.45) is 0 Å². The molecule has 2 heterocycles. The van der Waals surface area contributed by atoms with Gasteiger partial charge in [0, 0.05) is 18.7 Å². The van der Waals surface area contributed by atoms with Crippen LogP contribution < -0.4 is 20.5 Å². The number of hydrogen-bond acceptors (Lipinski definition) is 3. The molecule has 0 unspecified atom stereocenters. The van der Waals surface area contributed by atoms with Gasteiger partial charge in [0.05, 0.1) is 39.3 Å². The molecule has 2 aliphatic heterocycles. The Balaban J connectivity index is 1.50. The summed E-state index contributed by atoms with van der Waals surface area (Å²) in [7, 11) is 2.15. The fourth-order valence-corrected chi connectivity index (χ4v) is 3.14. The van der Waals surface area contributed by atoms with Crippen LogP contribution in [0.2, 0.25) is 0 Å². The van der Waals surface area contributed by atoms with E-state index in [2.05, 4.69) is 17.8 Å². The van der Waals surface area contributed by atoms with Crippen molar-refractivity contribution < 1.29 is 14.5 Å². The van der Waals surface area contributed by atoms with E-state index in [1.54, 1.807) is 4.90 Å². The van der Waals surface area contributed by atoms with Gasteiger partial charge in [0.1, 0.15) is 0 Å². The van der Waals surface area contributed by atoms with E-state index < -0.39 is 0 Å². The molecule has 1 aromatic carbocycles. The molecule has 3 amide bonds. The Morgan fingerprint density at radius 1 is 1.21 bits per heavy atom. The number of hydrogen-bond donors (Lipinski definition) is 3. The van der Waals surface area contributed by atoms with E-state index in [4.69, 9.17) is 0 Å². The number of urea groups is 1. The standard InChI is InChI=1S/C17H25N5O2/c1-13-3-5-15(6-4-13)22-12-14(11-16(22)23)18-17(24)19-21-9-7-20(2)8-10-21/h3-6,14H,7-12H2,1-2H3,(H2,18,19,24)/p+1/t14-/m1/s1. The highest BCUT2D eigenvalue weighted by molar-refractivity contribution is 5.96. The second-order valence-corrected chi connectivity index (χ2v) is 6.77. The molecule has 7 heteroatoms. The Bertz CT molecular complexity index is 596. The summed E-state index contributed by atoms with van der Waals surface area (Å²) in [5.41, 5.74) is 4.93. The average molecular weight is 332 g/mol. The van der Waals surface area contributed by atoms with Gasteiger partial charge in [-0.15, -0.1) is 0 Å². The molecule has 3 N–H and O–H groups in total. The van der Waals surface area contributed by atoms with Gasteiger partial charge in [-0.3, -0.25) is 10.2 Å². The summed E-state index contributed by atoms with van der Waals surface area (Å²) in [6, 6.07) is 7.50. The summed E-state index contributed by atoms with van der Waals surface area (Å²) in [5, 5.41) is 4.86. The van der Waals surface area contributed by atoms with Gasteiger partial charge in [-0.05, 0) is 19.1 Å². The molecule has 7 nitrogen and oxygen atoms in total. The van der Waals surface area contributed by atoms with Crippen molar-refractivity contribution >= 4 is 17.6 Å². The van der Waals surface area contributed by atoms with Crippen molar-refractivity contribution in [3.05, 3.63) is 29.8 Å². The second-order valence-electron chi connectivity index (χ2n) is 6.77. The monoisotopic (exact) mass is 332 g/mol. The van der Waals surface area contributed by atoms with E-state index in [-0.39, 0.29) is 18.0 Å². The first-order valence-electron chi connectivity index (χ1n) is 8.51. The summed E-state index contributed by atoms with van der Waals surface area (Å²) < 4.78 is 0. The number of likely N-dealkylation sites (N-methyl/N-ethyl adjacent to an activating group) is 1. The highest BCUT2D eigenvalue weighted by atomic mass is 16.2. The SMILES string of the molecule is Cc1ccc(N2C[C@H](NC(=O)NN3CC[NH+](C)CC3)CC2=O)cc1. The lowest BCUT2D eigenvalue weighted by Crippen LogP contribution is -3.12. The summed E-state index contributed by atoms with van der Waals surface area (Å²) in [6.07, 6.45) is 0.341. The molecule has 2 aliphatic rings. The number of piperazine rings is 1. The van der Waals surface area contributed by atoms with Gasteiger partial charge >= 0.3 is 6.03 Å². The van der Waals surface area contributed by atoms with Crippen molar-refractivity contribution in [3.63, 3.8) is 0 Å². The van der Waals surface area contributed by atoms with E-state index in [0.29, 0.717) is 13.0 Å². The predicted molar refractivity (Wildman–Crippen MR) is 91.8 cm³/mol. The molecule has 24 heavy (non-hydrogen) atoms. The maximum Gasteiger partial charge on any atom is 0.329 e. The van der Waals surface area contributed by atoms with Crippen LogP contribution in [-0.2, 0) is 4.79 Å². The quantitative estimate of drug-likeness (QED) is 0.675. The normalized spacial score (nSPS) is 22.7. The first-order chi connectivity index (χ1) is 11.5. The first kappa shape index (κ1) is 16.7. The molecular formula is C17H26N5O2+. The number of carbonyl (C=O) groups excluding carboxylic acids is 2. The largest absolute Gasteiger partial charge is 0.335 e. The van der Waals surface area contributed by atoms with Gasteiger partial charge in [0.25, 0.3) is 0 Å². The molecule has 2 fully saturated rings. The fourth-order valence-electron chi connectivity index (χ4n) is 3.14. The third-order valence-electron chi connectivity index (χ3n) is 4.68. The Kier molecular flexibility index (Phi) is 5.01. The Hall–Kier alpha value is -2.12. The number of quaternary nitrogens is 1. The number of nitrogens with one attached hydrogen (secondary N) is 3.